The molecular formula is C14H15BrN2O2S. The zero-order valence-corrected chi connectivity index (χ0v) is 13.6. The Morgan fingerprint density at radius 3 is 2.45 bits per heavy atom. The molecule has 4 nitrogen and oxygen atoms in total. The van der Waals surface area contributed by atoms with Crippen molar-refractivity contribution >= 4 is 37.3 Å². The van der Waals surface area contributed by atoms with Gasteiger partial charge in [0.1, 0.15) is 0 Å². The van der Waals surface area contributed by atoms with Crippen molar-refractivity contribution in [1.29, 1.82) is 0 Å². The van der Waals surface area contributed by atoms with Crippen LogP contribution >= 0.6 is 15.9 Å². The van der Waals surface area contributed by atoms with Crippen LogP contribution in [0.3, 0.4) is 0 Å². The zero-order chi connectivity index (χ0) is 14.9. The lowest BCUT2D eigenvalue weighted by molar-refractivity contribution is 0.594. The van der Waals surface area contributed by atoms with Crippen molar-refractivity contribution in [2.24, 2.45) is 0 Å². The highest BCUT2D eigenvalue weighted by Crippen LogP contribution is 2.27. The first-order valence-corrected chi connectivity index (χ1v) is 8.16. The number of nitrogen functional groups attached to an aromatic ring is 1. The van der Waals surface area contributed by atoms with Gasteiger partial charge in [-0.15, -0.1) is 0 Å². The smallest absolute Gasteiger partial charge is 0.264 e. The van der Waals surface area contributed by atoms with Crippen molar-refractivity contribution in [3.8, 4) is 0 Å². The topological polar surface area (TPSA) is 63.4 Å². The number of rotatable bonds is 3. The van der Waals surface area contributed by atoms with E-state index in [2.05, 4.69) is 15.9 Å². The van der Waals surface area contributed by atoms with Gasteiger partial charge in [0.2, 0.25) is 0 Å². The second kappa shape index (κ2) is 5.46. The minimum atomic E-state index is -3.60. The average molecular weight is 355 g/mol. The van der Waals surface area contributed by atoms with Crippen molar-refractivity contribution in [2.45, 2.75) is 11.8 Å². The molecule has 0 aliphatic rings. The number of benzene rings is 2. The fourth-order valence-electron chi connectivity index (χ4n) is 1.79. The molecule has 0 aliphatic heterocycles. The van der Waals surface area contributed by atoms with Gasteiger partial charge in [0.05, 0.1) is 10.6 Å². The molecule has 6 heteroatoms. The molecule has 0 unspecified atom stereocenters. The monoisotopic (exact) mass is 354 g/mol. The molecule has 0 fully saturated rings. The highest BCUT2D eigenvalue weighted by atomic mass is 79.9. The second-order valence-electron chi connectivity index (χ2n) is 4.49. The standard InChI is InChI=1S/C14H15BrN2O2S/c1-10-4-3-5-11(8-10)17(2)20(18,19)12-6-7-14(16)13(15)9-12/h3-9H,16H2,1-2H3. The van der Waals surface area contributed by atoms with Gasteiger partial charge < -0.3 is 5.73 Å². The summed E-state index contributed by atoms with van der Waals surface area (Å²) >= 11 is 3.25. The Kier molecular flexibility index (Phi) is 4.06. The Morgan fingerprint density at radius 2 is 1.85 bits per heavy atom. The Morgan fingerprint density at radius 1 is 1.15 bits per heavy atom. The van der Waals surface area contributed by atoms with Gasteiger partial charge in [0, 0.05) is 17.2 Å². The Labute approximate surface area is 127 Å². The van der Waals surface area contributed by atoms with E-state index < -0.39 is 10.0 Å². The van der Waals surface area contributed by atoms with Crippen LogP contribution in [0.5, 0.6) is 0 Å². The molecule has 0 amide bonds. The number of hydrogen-bond acceptors (Lipinski definition) is 3. The van der Waals surface area contributed by atoms with Crippen LogP contribution in [0, 0.1) is 6.92 Å². The Balaban J connectivity index is 2.46. The molecule has 0 bridgehead atoms. The molecule has 0 spiro atoms. The molecule has 0 radical (unpaired) electrons. The predicted molar refractivity (Wildman–Crippen MR) is 85.3 cm³/mol. The van der Waals surface area contributed by atoms with Gasteiger partial charge >= 0.3 is 0 Å². The van der Waals surface area contributed by atoms with Crippen LogP contribution in [0.1, 0.15) is 5.56 Å². The Hall–Kier alpha value is -1.53. The minimum absolute atomic E-state index is 0.197. The number of halogens is 1. The zero-order valence-electron chi connectivity index (χ0n) is 11.2. The normalized spacial score (nSPS) is 11.3. The van der Waals surface area contributed by atoms with E-state index in [4.69, 9.17) is 5.73 Å². The predicted octanol–water partition coefficient (Wildman–Crippen LogP) is 3.16. The summed E-state index contributed by atoms with van der Waals surface area (Å²) in [7, 11) is -2.06. The van der Waals surface area contributed by atoms with Gasteiger partial charge in [-0.25, -0.2) is 8.42 Å². The molecule has 0 saturated carbocycles. The quantitative estimate of drug-likeness (QED) is 0.861. The van der Waals surface area contributed by atoms with E-state index in [1.54, 1.807) is 12.1 Å². The van der Waals surface area contributed by atoms with E-state index in [1.165, 1.54) is 23.5 Å². The van der Waals surface area contributed by atoms with E-state index >= 15 is 0 Å². The van der Waals surface area contributed by atoms with E-state index in [9.17, 15) is 8.42 Å². The fraction of sp³-hybridized carbons (Fsp3) is 0.143. The van der Waals surface area contributed by atoms with E-state index in [-0.39, 0.29) is 4.90 Å². The third-order valence-corrected chi connectivity index (χ3v) is 5.46. The van der Waals surface area contributed by atoms with Crippen LogP contribution in [0.25, 0.3) is 0 Å². The molecule has 0 aliphatic carbocycles. The number of nitrogens with two attached hydrogens (primary N) is 1. The summed E-state index contributed by atoms with van der Waals surface area (Å²) in [5, 5.41) is 0. The van der Waals surface area contributed by atoms with Gasteiger partial charge in [-0.1, -0.05) is 12.1 Å². The van der Waals surface area contributed by atoms with Crippen LogP contribution in [0.4, 0.5) is 11.4 Å². The van der Waals surface area contributed by atoms with E-state index in [1.807, 2.05) is 25.1 Å². The molecule has 0 saturated heterocycles. The summed E-state index contributed by atoms with van der Waals surface area (Å²) < 4.78 is 27.0. The minimum Gasteiger partial charge on any atom is -0.398 e. The summed E-state index contributed by atoms with van der Waals surface area (Å²) in [6, 6.07) is 11.9. The highest BCUT2D eigenvalue weighted by Gasteiger charge is 2.21. The number of sulfonamides is 1. The maximum Gasteiger partial charge on any atom is 0.264 e. The van der Waals surface area contributed by atoms with Crippen molar-refractivity contribution in [3.63, 3.8) is 0 Å². The summed E-state index contributed by atoms with van der Waals surface area (Å²) in [5.74, 6) is 0. The second-order valence-corrected chi connectivity index (χ2v) is 7.32. The lowest BCUT2D eigenvalue weighted by atomic mass is 10.2. The molecule has 2 aromatic carbocycles. The maximum absolute atomic E-state index is 12.6. The van der Waals surface area contributed by atoms with E-state index in [0.29, 0.717) is 15.8 Å². The summed E-state index contributed by atoms with van der Waals surface area (Å²) in [6.45, 7) is 1.92. The van der Waals surface area contributed by atoms with Crippen molar-refractivity contribution in [3.05, 3.63) is 52.5 Å². The Bertz CT molecular complexity index is 745. The number of nitrogens with zero attached hydrogens (tertiary/aromatic N) is 1. The first kappa shape index (κ1) is 14.9. The number of hydrogen-bond donors (Lipinski definition) is 1. The molecule has 2 aromatic rings. The lowest BCUT2D eigenvalue weighted by Crippen LogP contribution is -2.26. The molecule has 0 aromatic heterocycles. The third kappa shape index (κ3) is 2.81. The van der Waals surface area contributed by atoms with Crippen LogP contribution in [-0.2, 0) is 10.0 Å². The summed E-state index contributed by atoms with van der Waals surface area (Å²) in [4.78, 5) is 0.197. The average Bonchev–Trinajstić information content (AvgIpc) is 2.40. The van der Waals surface area contributed by atoms with Crippen LogP contribution in [0.2, 0.25) is 0 Å². The summed E-state index contributed by atoms with van der Waals surface area (Å²) in [5.41, 5.74) is 7.81. The maximum atomic E-state index is 12.6. The van der Waals surface area contributed by atoms with E-state index in [0.717, 1.165) is 5.56 Å². The molecule has 0 heterocycles. The highest BCUT2D eigenvalue weighted by molar-refractivity contribution is 9.10. The summed E-state index contributed by atoms with van der Waals surface area (Å²) in [6.07, 6.45) is 0. The molecule has 2 N–H and O–H groups in total. The van der Waals surface area contributed by atoms with Crippen LogP contribution in [-0.4, -0.2) is 15.5 Å². The lowest BCUT2D eigenvalue weighted by Gasteiger charge is -2.20. The van der Waals surface area contributed by atoms with Crippen molar-refractivity contribution in [2.75, 3.05) is 17.1 Å². The number of anilines is 2. The SMILES string of the molecule is Cc1cccc(N(C)S(=O)(=O)c2ccc(N)c(Br)c2)c1. The van der Waals surface area contributed by atoms with Crippen LogP contribution in [0.15, 0.2) is 51.8 Å². The van der Waals surface area contributed by atoms with Gasteiger partial charge in [-0.3, -0.25) is 4.31 Å². The third-order valence-electron chi connectivity index (χ3n) is 3.00. The molecule has 2 rings (SSSR count). The number of aryl methyl sites for hydroxylation is 1. The molecule has 20 heavy (non-hydrogen) atoms. The van der Waals surface area contributed by atoms with Gasteiger partial charge in [-0.05, 0) is 58.7 Å². The molecule has 106 valence electrons. The fourth-order valence-corrected chi connectivity index (χ4v) is 3.53. The van der Waals surface area contributed by atoms with Crippen LogP contribution < -0.4 is 10.0 Å². The van der Waals surface area contributed by atoms with Gasteiger partial charge in [-0.2, -0.15) is 0 Å². The largest absolute Gasteiger partial charge is 0.398 e. The first-order chi connectivity index (χ1) is 9.32. The van der Waals surface area contributed by atoms with Gasteiger partial charge in [0.25, 0.3) is 10.0 Å². The molecule has 0 atom stereocenters. The molecular weight excluding hydrogens is 340 g/mol. The van der Waals surface area contributed by atoms with Crippen molar-refractivity contribution < 1.29 is 8.42 Å². The van der Waals surface area contributed by atoms with Gasteiger partial charge in [0.15, 0.2) is 0 Å². The van der Waals surface area contributed by atoms with Crippen molar-refractivity contribution in [1.82, 2.24) is 0 Å². The first-order valence-electron chi connectivity index (χ1n) is 5.93.